The van der Waals surface area contributed by atoms with E-state index < -0.39 is 10.9 Å². The molecule has 0 aromatic heterocycles. The van der Waals surface area contributed by atoms with Crippen LogP contribution in [0.25, 0.3) is 0 Å². The lowest BCUT2D eigenvalue weighted by atomic mass is 10.2. The van der Waals surface area contributed by atoms with Crippen molar-refractivity contribution in [1.82, 2.24) is 0 Å². The van der Waals surface area contributed by atoms with Crippen LogP contribution >= 0.6 is 0 Å². The summed E-state index contributed by atoms with van der Waals surface area (Å²) in [7, 11) is 0. The number of para-hydroxylation sites is 1. The predicted molar refractivity (Wildman–Crippen MR) is 74.8 cm³/mol. The maximum Gasteiger partial charge on any atom is 0.338 e. The minimum absolute atomic E-state index is 0.0824. The van der Waals surface area contributed by atoms with Crippen molar-refractivity contribution in [2.45, 2.75) is 6.61 Å². The summed E-state index contributed by atoms with van der Waals surface area (Å²) in [6.45, 7) is -0.0610. The molecular formula is C15H11NO6. The van der Waals surface area contributed by atoms with Crippen molar-refractivity contribution in [3.05, 3.63) is 63.7 Å². The first kappa shape index (κ1) is 13.9. The normalized spacial score (nSPS) is 12.0. The molecule has 0 aliphatic carbocycles. The summed E-state index contributed by atoms with van der Waals surface area (Å²) in [5.74, 6) is 0.451. The maximum atomic E-state index is 12.0. The maximum absolute atomic E-state index is 12.0. The lowest BCUT2D eigenvalue weighted by Crippen LogP contribution is -2.06. The Balaban J connectivity index is 1.72. The molecule has 0 fully saturated rings. The van der Waals surface area contributed by atoms with Gasteiger partial charge in [0.2, 0.25) is 6.79 Å². The number of ether oxygens (including phenoxy) is 3. The first-order valence-electron chi connectivity index (χ1n) is 6.44. The van der Waals surface area contributed by atoms with Crippen LogP contribution in [-0.2, 0) is 11.3 Å². The molecule has 0 spiro atoms. The van der Waals surface area contributed by atoms with E-state index >= 15 is 0 Å². The van der Waals surface area contributed by atoms with Gasteiger partial charge in [-0.25, -0.2) is 4.79 Å². The Morgan fingerprint density at radius 2 is 1.95 bits per heavy atom. The van der Waals surface area contributed by atoms with E-state index in [2.05, 4.69) is 0 Å². The van der Waals surface area contributed by atoms with E-state index in [-0.39, 0.29) is 19.1 Å². The molecule has 0 unspecified atom stereocenters. The molecule has 0 saturated carbocycles. The Morgan fingerprint density at radius 3 is 2.77 bits per heavy atom. The standard InChI is InChI=1S/C15H11NO6/c17-15(10-5-6-13-14(7-10)22-9-21-13)20-8-11-3-1-2-4-12(11)16(18)19/h1-7H,8-9H2. The van der Waals surface area contributed by atoms with Crippen LogP contribution < -0.4 is 9.47 Å². The molecule has 7 nitrogen and oxygen atoms in total. The fraction of sp³-hybridized carbons (Fsp3) is 0.133. The molecule has 112 valence electrons. The van der Waals surface area contributed by atoms with E-state index in [1.165, 1.54) is 12.1 Å². The highest BCUT2D eigenvalue weighted by molar-refractivity contribution is 5.90. The number of hydrogen-bond donors (Lipinski definition) is 0. The van der Waals surface area contributed by atoms with Gasteiger partial charge in [-0.05, 0) is 24.3 Å². The van der Waals surface area contributed by atoms with Crippen LogP contribution in [0.5, 0.6) is 11.5 Å². The van der Waals surface area contributed by atoms with Crippen molar-refractivity contribution in [2.24, 2.45) is 0 Å². The van der Waals surface area contributed by atoms with Gasteiger partial charge in [-0.15, -0.1) is 0 Å². The summed E-state index contributed by atoms with van der Waals surface area (Å²) in [5.41, 5.74) is 0.547. The second kappa shape index (κ2) is 5.72. The second-order valence-corrected chi connectivity index (χ2v) is 4.53. The number of nitrogens with zero attached hydrogens (tertiary/aromatic N) is 1. The number of esters is 1. The van der Waals surface area contributed by atoms with Gasteiger partial charge in [-0.2, -0.15) is 0 Å². The van der Waals surface area contributed by atoms with Crippen molar-refractivity contribution >= 4 is 11.7 Å². The van der Waals surface area contributed by atoms with Gasteiger partial charge >= 0.3 is 5.97 Å². The van der Waals surface area contributed by atoms with Crippen molar-refractivity contribution in [3.8, 4) is 11.5 Å². The van der Waals surface area contributed by atoms with Gasteiger partial charge in [0.1, 0.15) is 6.61 Å². The van der Waals surface area contributed by atoms with Gasteiger partial charge in [0.05, 0.1) is 16.1 Å². The van der Waals surface area contributed by atoms with Crippen LogP contribution in [0.3, 0.4) is 0 Å². The predicted octanol–water partition coefficient (Wildman–Crippen LogP) is 2.68. The Labute approximate surface area is 125 Å². The van der Waals surface area contributed by atoms with Gasteiger partial charge < -0.3 is 14.2 Å². The lowest BCUT2D eigenvalue weighted by Gasteiger charge is -2.06. The lowest BCUT2D eigenvalue weighted by molar-refractivity contribution is -0.385. The summed E-state index contributed by atoms with van der Waals surface area (Å²) in [4.78, 5) is 22.4. The highest BCUT2D eigenvalue weighted by Gasteiger charge is 2.18. The molecule has 1 heterocycles. The monoisotopic (exact) mass is 301 g/mol. The molecule has 0 amide bonds. The van der Waals surface area contributed by atoms with Crippen molar-refractivity contribution in [3.63, 3.8) is 0 Å². The van der Waals surface area contributed by atoms with Crippen molar-refractivity contribution < 1.29 is 23.9 Å². The third-order valence-corrected chi connectivity index (χ3v) is 3.16. The number of carbonyl (C=O) groups is 1. The van der Waals surface area contributed by atoms with E-state index in [4.69, 9.17) is 14.2 Å². The molecule has 22 heavy (non-hydrogen) atoms. The molecule has 0 saturated heterocycles. The van der Waals surface area contributed by atoms with E-state index in [0.29, 0.717) is 22.6 Å². The zero-order chi connectivity index (χ0) is 15.5. The number of rotatable bonds is 4. The largest absolute Gasteiger partial charge is 0.457 e. The Bertz CT molecular complexity index is 743. The SMILES string of the molecule is O=C(OCc1ccccc1[N+](=O)[O-])c1ccc2c(c1)OCO2. The van der Waals surface area contributed by atoms with E-state index in [1.807, 2.05) is 0 Å². The molecule has 7 heteroatoms. The average molecular weight is 301 g/mol. The summed E-state index contributed by atoms with van der Waals surface area (Å²) in [5, 5.41) is 10.9. The Kier molecular flexibility index (Phi) is 3.61. The molecule has 0 bridgehead atoms. The smallest absolute Gasteiger partial charge is 0.338 e. The molecule has 0 N–H and O–H groups in total. The summed E-state index contributed by atoms with van der Waals surface area (Å²) < 4.78 is 15.5. The van der Waals surface area contributed by atoms with E-state index in [9.17, 15) is 14.9 Å². The zero-order valence-electron chi connectivity index (χ0n) is 11.4. The number of hydrogen-bond acceptors (Lipinski definition) is 6. The fourth-order valence-corrected chi connectivity index (χ4v) is 2.06. The average Bonchev–Trinajstić information content (AvgIpc) is 3.00. The zero-order valence-corrected chi connectivity index (χ0v) is 11.4. The number of fused-ring (bicyclic) bond motifs is 1. The van der Waals surface area contributed by atoms with Crippen LogP contribution in [0.4, 0.5) is 5.69 Å². The first-order valence-corrected chi connectivity index (χ1v) is 6.44. The first-order chi connectivity index (χ1) is 10.6. The van der Waals surface area contributed by atoms with Gasteiger partial charge in [0.15, 0.2) is 11.5 Å². The minimum atomic E-state index is -0.587. The van der Waals surface area contributed by atoms with Crippen LogP contribution in [-0.4, -0.2) is 17.7 Å². The van der Waals surface area contributed by atoms with E-state index in [1.54, 1.807) is 30.3 Å². The Morgan fingerprint density at radius 1 is 1.18 bits per heavy atom. The highest BCUT2D eigenvalue weighted by atomic mass is 16.7. The van der Waals surface area contributed by atoms with Gasteiger partial charge in [0.25, 0.3) is 5.69 Å². The van der Waals surface area contributed by atoms with Gasteiger partial charge in [0, 0.05) is 6.07 Å². The van der Waals surface area contributed by atoms with Crippen LogP contribution in [0, 0.1) is 10.1 Å². The quantitative estimate of drug-likeness (QED) is 0.490. The van der Waals surface area contributed by atoms with Crippen LogP contribution in [0.2, 0.25) is 0 Å². The molecule has 2 aromatic carbocycles. The van der Waals surface area contributed by atoms with Gasteiger partial charge in [-0.1, -0.05) is 12.1 Å². The van der Waals surface area contributed by atoms with Crippen LogP contribution in [0.15, 0.2) is 42.5 Å². The fourth-order valence-electron chi connectivity index (χ4n) is 2.06. The molecular weight excluding hydrogens is 290 g/mol. The summed E-state index contributed by atoms with van der Waals surface area (Å²) >= 11 is 0. The molecule has 1 aliphatic heterocycles. The number of carbonyl (C=O) groups excluding carboxylic acids is 1. The van der Waals surface area contributed by atoms with E-state index in [0.717, 1.165) is 0 Å². The number of benzene rings is 2. The van der Waals surface area contributed by atoms with Crippen molar-refractivity contribution in [2.75, 3.05) is 6.79 Å². The van der Waals surface area contributed by atoms with Crippen LogP contribution in [0.1, 0.15) is 15.9 Å². The highest BCUT2D eigenvalue weighted by Crippen LogP contribution is 2.32. The van der Waals surface area contributed by atoms with Gasteiger partial charge in [-0.3, -0.25) is 10.1 Å². The molecule has 0 radical (unpaired) electrons. The molecule has 2 aromatic rings. The number of nitro groups is 1. The molecule has 3 rings (SSSR count). The third-order valence-electron chi connectivity index (χ3n) is 3.16. The summed E-state index contributed by atoms with van der Waals surface area (Å²) in [6.07, 6.45) is 0. The van der Waals surface area contributed by atoms with Crippen molar-refractivity contribution in [1.29, 1.82) is 0 Å². The topological polar surface area (TPSA) is 87.9 Å². The molecule has 0 atom stereocenters. The third kappa shape index (κ3) is 2.69. The second-order valence-electron chi connectivity index (χ2n) is 4.53. The molecule has 1 aliphatic rings. The summed E-state index contributed by atoms with van der Waals surface area (Å²) in [6, 6.07) is 10.8. The number of nitro benzene ring substituents is 1. The minimum Gasteiger partial charge on any atom is -0.457 e. The Hall–Kier alpha value is -3.09.